The number of amides is 1. The van der Waals surface area contributed by atoms with Crippen LogP contribution in [0.1, 0.15) is 27.5 Å². The molecule has 0 aliphatic carbocycles. The summed E-state index contributed by atoms with van der Waals surface area (Å²) in [5, 5.41) is 0. The molecule has 1 aliphatic heterocycles. The van der Waals surface area contributed by atoms with Crippen LogP contribution in [0.3, 0.4) is 0 Å². The molecule has 1 aromatic heterocycles. The van der Waals surface area contributed by atoms with E-state index in [1.165, 1.54) is 5.56 Å². The molecule has 1 amide bonds. The minimum absolute atomic E-state index is 0.0328. The summed E-state index contributed by atoms with van der Waals surface area (Å²) in [5.74, 6) is 0.905. The maximum atomic E-state index is 13.5. The summed E-state index contributed by atoms with van der Waals surface area (Å²) in [4.78, 5) is 20.4. The normalized spacial score (nSPS) is 16.0. The summed E-state index contributed by atoms with van der Waals surface area (Å²) >= 11 is 0. The van der Waals surface area contributed by atoms with Crippen molar-refractivity contribution in [1.29, 1.82) is 0 Å². The molecule has 30 heavy (non-hydrogen) atoms. The highest BCUT2D eigenvalue weighted by Gasteiger charge is 2.31. The second-order valence-corrected chi connectivity index (χ2v) is 7.82. The van der Waals surface area contributed by atoms with E-state index in [2.05, 4.69) is 54.5 Å². The molecule has 1 atom stereocenters. The van der Waals surface area contributed by atoms with Gasteiger partial charge in [0.15, 0.2) is 0 Å². The predicted octanol–water partition coefficient (Wildman–Crippen LogP) is 5.39. The van der Waals surface area contributed by atoms with Crippen LogP contribution in [0.5, 0.6) is 0 Å². The Morgan fingerprint density at radius 1 is 1.03 bits per heavy atom. The van der Waals surface area contributed by atoms with Crippen molar-refractivity contribution in [3.63, 3.8) is 0 Å². The number of imidazole rings is 1. The topological polar surface area (TPSA) is 38.1 Å². The number of rotatable bonds is 4. The lowest BCUT2D eigenvalue weighted by Crippen LogP contribution is -2.33. The van der Waals surface area contributed by atoms with Gasteiger partial charge in [-0.3, -0.25) is 4.79 Å². The Morgan fingerprint density at radius 2 is 1.80 bits per heavy atom. The zero-order valence-corrected chi connectivity index (χ0v) is 17.0. The van der Waals surface area contributed by atoms with Crippen LogP contribution < -0.4 is 0 Å². The van der Waals surface area contributed by atoms with Crippen molar-refractivity contribution in [2.75, 3.05) is 6.54 Å². The van der Waals surface area contributed by atoms with Gasteiger partial charge in [-0.05, 0) is 24.6 Å². The van der Waals surface area contributed by atoms with Crippen molar-refractivity contribution < 1.29 is 4.79 Å². The predicted molar refractivity (Wildman–Crippen MR) is 120 cm³/mol. The van der Waals surface area contributed by atoms with E-state index in [0.29, 0.717) is 18.7 Å². The molecule has 5 rings (SSSR count). The van der Waals surface area contributed by atoms with E-state index in [4.69, 9.17) is 4.98 Å². The fourth-order valence-electron chi connectivity index (χ4n) is 4.23. The molecular weight excluding hydrogens is 370 g/mol. The van der Waals surface area contributed by atoms with Crippen molar-refractivity contribution in [2.24, 2.45) is 0 Å². The fraction of sp³-hybridized carbons (Fsp3) is 0.154. The fourth-order valence-corrected chi connectivity index (χ4v) is 4.23. The summed E-state index contributed by atoms with van der Waals surface area (Å²) in [6.07, 6.45) is 1.92. The highest BCUT2D eigenvalue weighted by molar-refractivity contribution is 6.06. The monoisotopic (exact) mass is 393 g/mol. The van der Waals surface area contributed by atoms with Crippen molar-refractivity contribution >= 4 is 16.9 Å². The van der Waals surface area contributed by atoms with E-state index >= 15 is 0 Å². The van der Waals surface area contributed by atoms with Crippen LogP contribution in [-0.4, -0.2) is 26.9 Å². The van der Waals surface area contributed by atoms with Gasteiger partial charge < -0.3 is 9.47 Å². The summed E-state index contributed by atoms with van der Waals surface area (Å²) in [6, 6.07) is 24.2. The number of benzene rings is 3. The maximum absolute atomic E-state index is 13.5. The van der Waals surface area contributed by atoms with Crippen LogP contribution in [0.25, 0.3) is 22.4 Å². The average Bonchev–Trinajstić information content (AvgIpc) is 3.11. The number of carbonyl (C=O) groups excluding carboxylic acids is 1. The molecule has 4 aromatic rings. The lowest BCUT2D eigenvalue weighted by atomic mass is 10.1. The van der Waals surface area contributed by atoms with Crippen LogP contribution in [0.4, 0.5) is 0 Å². The summed E-state index contributed by atoms with van der Waals surface area (Å²) in [7, 11) is 0. The van der Waals surface area contributed by atoms with Gasteiger partial charge in [0.05, 0.1) is 22.6 Å². The minimum Gasteiger partial charge on any atom is -0.332 e. The molecule has 3 aromatic carbocycles. The van der Waals surface area contributed by atoms with Crippen LogP contribution in [0.15, 0.2) is 85.5 Å². The van der Waals surface area contributed by atoms with E-state index in [0.717, 1.165) is 28.0 Å². The Bertz CT molecular complexity index is 1240. The molecular formula is C26H23N3O. The SMILES string of the molecule is C=C[C@@H]1CN(Cc2ccccc2)C(=O)c2cccc3nc(-c4ccc(C)cc4)n1c23. The molecule has 0 spiro atoms. The van der Waals surface area contributed by atoms with Crippen molar-refractivity contribution in [3.8, 4) is 11.4 Å². The Labute approximate surface area is 176 Å². The van der Waals surface area contributed by atoms with Gasteiger partial charge in [-0.1, -0.05) is 72.3 Å². The Morgan fingerprint density at radius 3 is 2.53 bits per heavy atom. The number of aromatic nitrogens is 2. The minimum atomic E-state index is -0.0670. The third-order valence-electron chi connectivity index (χ3n) is 5.76. The molecule has 2 heterocycles. The molecule has 0 N–H and O–H groups in total. The van der Waals surface area contributed by atoms with E-state index < -0.39 is 0 Å². The molecule has 0 saturated heterocycles. The van der Waals surface area contributed by atoms with Gasteiger partial charge >= 0.3 is 0 Å². The summed E-state index contributed by atoms with van der Waals surface area (Å²) in [6.45, 7) is 7.29. The molecule has 0 bridgehead atoms. The third kappa shape index (κ3) is 3.01. The molecule has 0 unspecified atom stereocenters. The number of hydrogen-bond acceptors (Lipinski definition) is 2. The zero-order valence-electron chi connectivity index (χ0n) is 17.0. The van der Waals surface area contributed by atoms with E-state index in [1.807, 2.05) is 47.4 Å². The van der Waals surface area contributed by atoms with Gasteiger partial charge in [-0.2, -0.15) is 0 Å². The first-order valence-corrected chi connectivity index (χ1v) is 10.2. The van der Waals surface area contributed by atoms with Gasteiger partial charge in [0.1, 0.15) is 5.82 Å². The standard InChI is InChI=1S/C26H23N3O/c1-3-21-17-28(16-19-8-5-4-6-9-19)26(30)22-10-7-11-23-24(22)29(21)25(27-23)20-14-12-18(2)13-15-20/h3-15,21H,1,16-17H2,2H3/t21-/m1/s1. The second kappa shape index (κ2) is 7.30. The van der Waals surface area contributed by atoms with Crippen molar-refractivity contribution in [2.45, 2.75) is 19.5 Å². The number of hydrogen-bond donors (Lipinski definition) is 0. The zero-order chi connectivity index (χ0) is 20.7. The highest BCUT2D eigenvalue weighted by atomic mass is 16.2. The molecule has 0 saturated carbocycles. The highest BCUT2D eigenvalue weighted by Crippen LogP contribution is 2.34. The number of para-hydroxylation sites is 1. The lowest BCUT2D eigenvalue weighted by molar-refractivity contribution is 0.0738. The molecule has 0 fully saturated rings. The largest absolute Gasteiger partial charge is 0.332 e. The van der Waals surface area contributed by atoms with Crippen LogP contribution >= 0.6 is 0 Å². The number of aryl methyl sites for hydroxylation is 1. The lowest BCUT2D eigenvalue weighted by Gasteiger charge is -2.25. The number of carbonyl (C=O) groups is 1. The molecule has 0 radical (unpaired) electrons. The van der Waals surface area contributed by atoms with E-state index in [9.17, 15) is 4.79 Å². The summed E-state index contributed by atoms with van der Waals surface area (Å²) < 4.78 is 2.19. The van der Waals surface area contributed by atoms with E-state index in [-0.39, 0.29) is 11.9 Å². The molecule has 4 nitrogen and oxygen atoms in total. The van der Waals surface area contributed by atoms with Gasteiger partial charge in [0, 0.05) is 18.7 Å². The first-order valence-electron chi connectivity index (χ1n) is 10.2. The Balaban J connectivity index is 1.68. The first kappa shape index (κ1) is 18.4. The summed E-state index contributed by atoms with van der Waals surface area (Å²) in [5.41, 5.74) is 5.78. The van der Waals surface area contributed by atoms with Gasteiger partial charge in [0.2, 0.25) is 0 Å². The van der Waals surface area contributed by atoms with Crippen LogP contribution in [0.2, 0.25) is 0 Å². The van der Waals surface area contributed by atoms with Crippen molar-refractivity contribution in [1.82, 2.24) is 14.5 Å². The van der Waals surface area contributed by atoms with Gasteiger partial charge in [-0.25, -0.2) is 4.98 Å². The first-order chi connectivity index (χ1) is 14.7. The van der Waals surface area contributed by atoms with Crippen LogP contribution in [-0.2, 0) is 6.54 Å². The molecule has 1 aliphatic rings. The average molecular weight is 393 g/mol. The third-order valence-corrected chi connectivity index (χ3v) is 5.76. The quantitative estimate of drug-likeness (QED) is 0.436. The van der Waals surface area contributed by atoms with Crippen molar-refractivity contribution in [3.05, 3.63) is 102 Å². The van der Waals surface area contributed by atoms with Gasteiger partial charge in [0.25, 0.3) is 5.91 Å². The van der Waals surface area contributed by atoms with Gasteiger partial charge in [-0.15, -0.1) is 6.58 Å². The van der Waals surface area contributed by atoms with Crippen LogP contribution in [0, 0.1) is 6.92 Å². The Hall–Kier alpha value is -3.66. The smallest absolute Gasteiger partial charge is 0.256 e. The van der Waals surface area contributed by atoms with E-state index in [1.54, 1.807) is 0 Å². The second-order valence-electron chi connectivity index (χ2n) is 7.82. The maximum Gasteiger partial charge on any atom is 0.256 e. The molecule has 148 valence electrons. The molecule has 4 heteroatoms. The Kier molecular flexibility index (Phi) is 4.47. The number of nitrogens with zero attached hydrogens (tertiary/aromatic N) is 3.